The van der Waals surface area contributed by atoms with Gasteiger partial charge in [0.05, 0.1) is 5.41 Å². The van der Waals surface area contributed by atoms with Crippen molar-refractivity contribution in [3.63, 3.8) is 0 Å². The van der Waals surface area contributed by atoms with Gasteiger partial charge >= 0.3 is 0 Å². The van der Waals surface area contributed by atoms with Crippen LogP contribution in [0.1, 0.15) is 34.1 Å². The lowest BCUT2D eigenvalue weighted by atomic mass is 9.87. The van der Waals surface area contributed by atoms with E-state index < -0.39 is 5.41 Å². The zero-order chi connectivity index (χ0) is 12.6. The summed E-state index contributed by atoms with van der Waals surface area (Å²) in [6, 6.07) is 0. The van der Waals surface area contributed by atoms with Crippen molar-refractivity contribution in [1.29, 1.82) is 0 Å². The van der Waals surface area contributed by atoms with Gasteiger partial charge in [-0.3, -0.25) is 4.79 Å². The summed E-state index contributed by atoms with van der Waals surface area (Å²) in [5, 5.41) is 2.96. The zero-order valence-corrected chi connectivity index (χ0v) is 11.2. The van der Waals surface area contributed by atoms with Crippen LogP contribution in [0.3, 0.4) is 0 Å². The Morgan fingerprint density at radius 1 is 1.31 bits per heavy atom. The fourth-order valence-electron chi connectivity index (χ4n) is 1.48. The highest BCUT2D eigenvalue weighted by molar-refractivity contribution is 5.82. The van der Waals surface area contributed by atoms with Gasteiger partial charge < -0.3 is 16.0 Å². The summed E-state index contributed by atoms with van der Waals surface area (Å²) in [6.07, 6.45) is 0.778. The molecule has 3 N–H and O–H groups in total. The van der Waals surface area contributed by atoms with Crippen molar-refractivity contribution in [3.05, 3.63) is 0 Å². The first kappa shape index (κ1) is 15.4. The number of carbonyl (C=O) groups is 1. The van der Waals surface area contributed by atoms with E-state index in [0.717, 1.165) is 26.1 Å². The normalized spacial score (nSPS) is 14.9. The number of rotatable bonds is 8. The maximum absolute atomic E-state index is 11.9. The molecule has 0 bridgehead atoms. The number of nitrogens with one attached hydrogen (secondary N) is 1. The van der Waals surface area contributed by atoms with Crippen LogP contribution in [-0.4, -0.2) is 43.5 Å². The van der Waals surface area contributed by atoms with E-state index >= 15 is 0 Å². The molecule has 0 saturated carbocycles. The Morgan fingerprint density at radius 3 is 2.25 bits per heavy atom. The van der Waals surface area contributed by atoms with Crippen molar-refractivity contribution < 1.29 is 4.79 Å². The van der Waals surface area contributed by atoms with E-state index in [1.165, 1.54) is 0 Å². The summed E-state index contributed by atoms with van der Waals surface area (Å²) in [4.78, 5) is 14.2. The largest absolute Gasteiger partial charge is 0.354 e. The molecule has 4 heteroatoms. The van der Waals surface area contributed by atoms with Gasteiger partial charge in [-0.1, -0.05) is 20.8 Å². The number of hydrogen-bond acceptors (Lipinski definition) is 3. The maximum atomic E-state index is 11.9. The Bertz CT molecular complexity index is 198. The maximum Gasteiger partial charge on any atom is 0.227 e. The van der Waals surface area contributed by atoms with E-state index in [1.54, 1.807) is 0 Å². The number of amides is 1. The molecule has 0 aromatic carbocycles. The summed E-state index contributed by atoms with van der Waals surface area (Å²) in [5.41, 5.74) is 5.22. The van der Waals surface area contributed by atoms with E-state index in [4.69, 9.17) is 5.73 Å². The monoisotopic (exact) mass is 229 g/mol. The molecule has 0 aliphatic rings. The average Bonchev–Trinajstić information content (AvgIpc) is 2.33. The smallest absolute Gasteiger partial charge is 0.227 e. The number of nitrogens with two attached hydrogens (primary N) is 1. The third-order valence-electron chi connectivity index (χ3n) is 3.39. The van der Waals surface area contributed by atoms with Crippen molar-refractivity contribution in [2.24, 2.45) is 11.1 Å². The second-order valence-electron chi connectivity index (χ2n) is 4.40. The number of nitrogens with zero attached hydrogens (tertiary/aromatic N) is 1. The second kappa shape index (κ2) is 7.63. The summed E-state index contributed by atoms with van der Waals surface area (Å²) >= 11 is 0. The van der Waals surface area contributed by atoms with Gasteiger partial charge in [0, 0.05) is 19.6 Å². The highest BCUT2D eigenvalue weighted by Gasteiger charge is 2.29. The minimum absolute atomic E-state index is 0.0738. The SMILES string of the molecule is CCN(CC)CCNC(=O)C(C)(CC)CN. The number of carbonyl (C=O) groups excluding carboxylic acids is 1. The molecule has 0 heterocycles. The summed E-state index contributed by atoms with van der Waals surface area (Å²) in [5.74, 6) is 0.0738. The highest BCUT2D eigenvalue weighted by atomic mass is 16.2. The van der Waals surface area contributed by atoms with Crippen LogP contribution in [0, 0.1) is 5.41 Å². The molecule has 0 rings (SSSR count). The van der Waals surface area contributed by atoms with E-state index in [1.807, 2.05) is 13.8 Å². The molecule has 0 fully saturated rings. The predicted octanol–water partition coefficient (Wildman–Crippen LogP) is 0.819. The molecule has 1 atom stereocenters. The van der Waals surface area contributed by atoms with Gasteiger partial charge in [0.15, 0.2) is 0 Å². The quantitative estimate of drug-likeness (QED) is 0.648. The molecule has 1 amide bonds. The topological polar surface area (TPSA) is 58.4 Å². The average molecular weight is 229 g/mol. The van der Waals surface area contributed by atoms with Crippen molar-refractivity contribution in [3.8, 4) is 0 Å². The van der Waals surface area contributed by atoms with Crippen LogP contribution in [0.25, 0.3) is 0 Å². The van der Waals surface area contributed by atoms with Crippen LogP contribution in [0.5, 0.6) is 0 Å². The van der Waals surface area contributed by atoms with Crippen molar-refractivity contribution in [1.82, 2.24) is 10.2 Å². The lowest BCUT2D eigenvalue weighted by Gasteiger charge is -2.26. The summed E-state index contributed by atoms with van der Waals surface area (Å²) < 4.78 is 0. The van der Waals surface area contributed by atoms with E-state index in [0.29, 0.717) is 13.1 Å². The molecule has 96 valence electrons. The van der Waals surface area contributed by atoms with Gasteiger partial charge in [-0.15, -0.1) is 0 Å². The minimum Gasteiger partial charge on any atom is -0.354 e. The number of hydrogen-bond donors (Lipinski definition) is 2. The van der Waals surface area contributed by atoms with Gasteiger partial charge in [-0.05, 0) is 26.4 Å². The molecular weight excluding hydrogens is 202 g/mol. The summed E-state index contributed by atoms with van der Waals surface area (Å²) in [7, 11) is 0. The third-order valence-corrected chi connectivity index (χ3v) is 3.39. The van der Waals surface area contributed by atoms with Crippen LogP contribution < -0.4 is 11.1 Å². The van der Waals surface area contributed by atoms with Crippen LogP contribution in [0.4, 0.5) is 0 Å². The fourth-order valence-corrected chi connectivity index (χ4v) is 1.48. The molecule has 0 aromatic heterocycles. The van der Waals surface area contributed by atoms with Crippen LogP contribution in [0.2, 0.25) is 0 Å². The van der Waals surface area contributed by atoms with Gasteiger partial charge in [0.1, 0.15) is 0 Å². The van der Waals surface area contributed by atoms with Gasteiger partial charge in [-0.2, -0.15) is 0 Å². The van der Waals surface area contributed by atoms with Crippen LogP contribution in [-0.2, 0) is 4.79 Å². The second-order valence-corrected chi connectivity index (χ2v) is 4.40. The van der Waals surface area contributed by atoms with Crippen molar-refractivity contribution in [2.45, 2.75) is 34.1 Å². The standard InChI is InChI=1S/C12H27N3O/c1-5-12(4,10-13)11(16)14-8-9-15(6-2)7-3/h5-10,13H2,1-4H3,(H,14,16). The van der Waals surface area contributed by atoms with Crippen molar-refractivity contribution >= 4 is 5.91 Å². The van der Waals surface area contributed by atoms with E-state index in [2.05, 4.69) is 24.1 Å². The first-order valence-electron chi connectivity index (χ1n) is 6.24. The molecule has 0 saturated heterocycles. The molecule has 16 heavy (non-hydrogen) atoms. The van der Waals surface area contributed by atoms with Crippen molar-refractivity contribution in [2.75, 3.05) is 32.7 Å². The third kappa shape index (κ3) is 4.49. The van der Waals surface area contributed by atoms with E-state index in [9.17, 15) is 4.79 Å². The molecule has 0 aliphatic heterocycles. The van der Waals surface area contributed by atoms with Crippen LogP contribution >= 0.6 is 0 Å². The van der Waals surface area contributed by atoms with E-state index in [-0.39, 0.29) is 5.91 Å². The summed E-state index contributed by atoms with van der Waals surface area (Å²) in [6.45, 7) is 12.2. The molecule has 0 spiro atoms. The van der Waals surface area contributed by atoms with Crippen LogP contribution in [0.15, 0.2) is 0 Å². The van der Waals surface area contributed by atoms with Gasteiger partial charge in [0.2, 0.25) is 5.91 Å². The zero-order valence-electron chi connectivity index (χ0n) is 11.2. The Kier molecular flexibility index (Phi) is 7.34. The molecule has 0 radical (unpaired) electrons. The number of likely N-dealkylation sites (N-methyl/N-ethyl adjacent to an activating group) is 1. The molecular formula is C12H27N3O. The lowest BCUT2D eigenvalue weighted by molar-refractivity contribution is -0.129. The fraction of sp³-hybridized carbons (Fsp3) is 0.917. The first-order valence-corrected chi connectivity index (χ1v) is 6.24. The molecule has 0 aliphatic carbocycles. The Balaban J connectivity index is 3.97. The molecule has 4 nitrogen and oxygen atoms in total. The highest BCUT2D eigenvalue weighted by Crippen LogP contribution is 2.18. The lowest BCUT2D eigenvalue weighted by Crippen LogP contribution is -2.45. The molecule has 1 unspecified atom stereocenters. The van der Waals surface area contributed by atoms with Gasteiger partial charge in [0.25, 0.3) is 0 Å². The molecule has 0 aromatic rings. The first-order chi connectivity index (χ1) is 7.53. The Hall–Kier alpha value is -0.610. The Labute approximate surface area is 99.6 Å². The Morgan fingerprint density at radius 2 is 1.88 bits per heavy atom. The minimum atomic E-state index is -0.413. The van der Waals surface area contributed by atoms with Gasteiger partial charge in [-0.25, -0.2) is 0 Å². The predicted molar refractivity (Wildman–Crippen MR) is 68.3 cm³/mol.